The van der Waals surface area contributed by atoms with Gasteiger partial charge in [0, 0.05) is 19.1 Å². The summed E-state index contributed by atoms with van der Waals surface area (Å²) < 4.78 is 0. The fourth-order valence-corrected chi connectivity index (χ4v) is 2.41. The molecule has 0 amide bonds. The second-order valence-electron chi connectivity index (χ2n) is 6.04. The van der Waals surface area contributed by atoms with Crippen LogP contribution in [0.1, 0.15) is 31.0 Å². The van der Waals surface area contributed by atoms with Crippen molar-refractivity contribution >= 4 is 0 Å². The minimum absolute atomic E-state index is 0.0474. The van der Waals surface area contributed by atoms with Gasteiger partial charge < -0.3 is 10.1 Å². The van der Waals surface area contributed by atoms with E-state index >= 15 is 0 Å². The summed E-state index contributed by atoms with van der Waals surface area (Å²) in [6.45, 7) is 5.64. The maximum atomic E-state index is 10.7. The molecule has 1 unspecified atom stereocenters. The first-order valence-corrected chi connectivity index (χ1v) is 7.82. The largest absolute Gasteiger partial charge is 0.313 e. The van der Waals surface area contributed by atoms with Crippen LogP contribution in [0.15, 0.2) is 60.7 Å². The van der Waals surface area contributed by atoms with Crippen LogP contribution in [-0.4, -0.2) is 34.8 Å². The van der Waals surface area contributed by atoms with Gasteiger partial charge in [-0.05, 0) is 32.0 Å². The molecular weight excluding hydrogens is 272 g/mol. The highest BCUT2D eigenvalue weighted by Gasteiger charge is 2.21. The third-order valence-corrected chi connectivity index (χ3v) is 4.07. The van der Waals surface area contributed by atoms with Crippen molar-refractivity contribution < 1.29 is 5.21 Å². The van der Waals surface area contributed by atoms with Gasteiger partial charge in [-0.1, -0.05) is 60.7 Å². The molecule has 0 spiro atoms. The van der Waals surface area contributed by atoms with E-state index in [2.05, 4.69) is 37.9 Å². The van der Waals surface area contributed by atoms with Crippen molar-refractivity contribution in [2.45, 2.75) is 32.5 Å². The monoisotopic (exact) mass is 298 g/mol. The van der Waals surface area contributed by atoms with Gasteiger partial charge in [-0.2, -0.15) is 5.06 Å². The number of likely N-dealkylation sites (N-methyl/N-ethyl adjacent to an activating group) is 1. The molecule has 3 heteroatoms. The normalized spacial score (nSPS) is 13.0. The molecule has 0 fully saturated rings. The molecule has 1 N–H and O–H groups in total. The molecule has 0 bridgehead atoms. The van der Waals surface area contributed by atoms with Crippen LogP contribution in [-0.2, 0) is 6.54 Å². The van der Waals surface area contributed by atoms with Crippen molar-refractivity contribution in [2.75, 3.05) is 13.6 Å². The third kappa shape index (κ3) is 4.67. The maximum absolute atomic E-state index is 10.7. The van der Waals surface area contributed by atoms with Gasteiger partial charge in [0.05, 0.1) is 6.04 Å². The molecule has 2 aromatic carbocycles. The van der Waals surface area contributed by atoms with Gasteiger partial charge >= 0.3 is 0 Å². The molecule has 0 aromatic heterocycles. The highest BCUT2D eigenvalue weighted by Crippen LogP contribution is 2.22. The van der Waals surface area contributed by atoms with Gasteiger partial charge in [-0.3, -0.25) is 0 Å². The van der Waals surface area contributed by atoms with E-state index in [1.54, 1.807) is 0 Å². The molecular formula is C19H26N2O. The van der Waals surface area contributed by atoms with Gasteiger partial charge in [-0.15, -0.1) is 0 Å². The Bertz CT molecular complexity index is 542. The van der Waals surface area contributed by atoms with E-state index in [1.165, 1.54) is 5.06 Å². The van der Waals surface area contributed by atoms with Gasteiger partial charge in [0.25, 0.3) is 0 Å². The summed E-state index contributed by atoms with van der Waals surface area (Å²) in [7, 11) is 2.09. The lowest BCUT2D eigenvalue weighted by Crippen LogP contribution is -2.37. The van der Waals surface area contributed by atoms with E-state index in [-0.39, 0.29) is 6.04 Å². The average molecular weight is 298 g/mol. The van der Waals surface area contributed by atoms with Crippen LogP contribution in [0.4, 0.5) is 0 Å². The molecule has 0 aliphatic rings. The van der Waals surface area contributed by atoms with E-state index in [0.717, 1.165) is 17.7 Å². The van der Waals surface area contributed by atoms with E-state index in [0.29, 0.717) is 12.6 Å². The molecule has 0 heterocycles. The summed E-state index contributed by atoms with van der Waals surface area (Å²) in [5, 5.41) is 12.1. The van der Waals surface area contributed by atoms with Gasteiger partial charge in [0.2, 0.25) is 0 Å². The lowest BCUT2D eigenvalue weighted by molar-refractivity contribution is -0.143. The molecule has 2 aromatic rings. The van der Waals surface area contributed by atoms with Crippen molar-refractivity contribution in [1.82, 2.24) is 9.96 Å². The first-order chi connectivity index (χ1) is 10.6. The minimum atomic E-state index is -0.0474. The van der Waals surface area contributed by atoms with E-state index in [4.69, 9.17) is 0 Å². The topological polar surface area (TPSA) is 26.7 Å². The number of rotatable bonds is 7. The smallest absolute Gasteiger partial charge is 0.0730 e. The Hall–Kier alpha value is -1.68. The second kappa shape index (κ2) is 8.08. The van der Waals surface area contributed by atoms with E-state index in [9.17, 15) is 5.21 Å². The maximum Gasteiger partial charge on any atom is 0.0730 e. The molecule has 0 radical (unpaired) electrons. The average Bonchev–Trinajstić information content (AvgIpc) is 2.54. The van der Waals surface area contributed by atoms with Crippen molar-refractivity contribution in [1.29, 1.82) is 0 Å². The summed E-state index contributed by atoms with van der Waals surface area (Å²) in [4.78, 5) is 2.26. The number of hydroxylamine groups is 2. The Labute approximate surface area is 133 Å². The summed E-state index contributed by atoms with van der Waals surface area (Å²) >= 11 is 0. The van der Waals surface area contributed by atoms with E-state index < -0.39 is 0 Å². The molecule has 2 rings (SSSR count). The predicted molar refractivity (Wildman–Crippen MR) is 90.7 cm³/mol. The van der Waals surface area contributed by atoms with Crippen LogP contribution in [0.5, 0.6) is 0 Å². The zero-order chi connectivity index (χ0) is 15.9. The first-order valence-electron chi connectivity index (χ1n) is 7.82. The van der Waals surface area contributed by atoms with Gasteiger partial charge in [0.1, 0.15) is 0 Å². The molecule has 1 atom stereocenters. The third-order valence-electron chi connectivity index (χ3n) is 4.07. The molecule has 0 aliphatic heterocycles. The molecule has 0 saturated heterocycles. The van der Waals surface area contributed by atoms with Crippen LogP contribution in [0.3, 0.4) is 0 Å². The van der Waals surface area contributed by atoms with Gasteiger partial charge in [-0.25, -0.2) is 0 Å². The molecule has 0 saturated carbocycles. The SMILES string of the molecule is CC(C)N(C)CC(c1ccccc1)N(O)Cc1ccccc1. The zero-order valence-corrected chi connectivity index (χ0v) is 13.7. The highest BCUT2D eigenvalue weighted by molar-refractivity contribution is 5.20. The van der Waals surface area contributed by atoms with E-state index in [1.807, 2.05) is 48.5 Å². The standard InChI is InChI=1S/C19H26N2O/c1-16(2)20(3)15-19(18-12-8-5-9-13-18)21(22)14-17-10-6-4-7-11-17/h4-13,16,19,22H,14-15H2,1-3H3. The minimum Gasteiger partial charge on any atom is -0.313 e. The molecule has 0 aliphatic carbocycles. The number of hydrogen-bond donors (Lipinski definition) is 1. The van der Waals surface area contributed by atoms with Gasteiger partial charge in [0.15, 0.2) is 0 Å². The number of nitrogens with zero attached hydrogens (tertiary/aromatic N) is 2. The lowest BCUT2D eigenvalue weighted by Gasteiger charge is -2.32. The van der Waals surface area contributed by atoms with Crippen molar-refractivity contribution in [2.24, 2.45) is 0 Å². The highest BCUT2D eigenvalue weighted by atomic mass is 16.5. The Kier molecular flexibility index (Phi) is 6.13. The van der Waals surface area contributed by atoms with Crippen LogP contribution < -0.4 is 0 Å². The first kappa shape index (κ1) is 16.7. The van der Waals surface area contributed by atoms with Crippen molar-refractivity contribution in [3.05, 3.63) is 71.8 Å². The van der Waals surface area contributed by atoms with Crippen LogP contribution in [0, 0.1) is 0 Å². The second-order valence-corrected chi connectivity index (χ2v) is 6.04. The predicted octanol–water partition coefficient (Wildman–Crippen LogP) is 3.96. The molecule has 3 nitrogen and oxygen atoms in total. The van der Waals surface area contributed by atoms with Crippen LogP contribution >= 0.6 is 0 Å². The quantitative estimate of drug-likeness (QED) is 0.784. The number of hydrogen-bond acceptors (Lipinski definition) is 3. The Balaban J connectivity index is 2.16. The van der Waals surface area contributed by atoms with Crippen molar-refractivity contribution in [3.63, 3.8) is 0 Å². The fraction of sp³-hybridized carbons (Fsp3) is 0.368. The Morgan fingerprint density at radius 2 is 1.45 bits per heavy atom. The van der Waals surface area contributed by atoms with Crippen molar-refractivity contribution in [3.8, 4) is 0 Å². The fourth-order valence-electron chi connectivity index (χ4n) is 2.41. The zero-order valence-electron chi connectivity index (χ0n) is 13.7. The Morgan fingerprint density at radius 1 is 0.909 bits per heavy atom. The number of benzene rings is 2. The van der Waals surface area contributed by atoms with Crippen LogP contribution in [0.2, 0.25) is 0 Å². The summed E-state index contributed by atoms with van der Waals surface area (Å²) in [6, 6.07) is 20.7. The van der Waals surface area contributed by atoms with Crippen LogP contribution in [0.25, 0.3) is 0 Å². The summed E-state index contributed by atoms with van der Waals surface area (Å²) in [5.41, 5.74) is 2.24. The summed E-state index contributed by atoms with van der Waals surface area (Å²) in [6.07, 6.45) is 0. The lowest BCUT2D eigenvalue weighted by atomic mass is 10.0. The molecule has 118 valence electrons. The Morgan fingerprint density at radius 3 is 2.00 bits per heavy atom. The molecule has 22 heavy (non-hydrogen) atoms. The summed E-state index contributed by atoms with van der Waals surface area (Å²) in [5.74, 6) is 0.